The Labute approximate surface area is 217 Å². The first-order valence-electron chi connectivity index (χ1n) is 13.0. The molecule has 1 aliphatic rings. The Kier molecular flexibility index (Phi) is 7.83. The molecule has 0 aliphatic carbocycles. The number of anilines is 1. The lowest BCUT2D eigenvalue weighted by molar-refractivity contribution is 0.0990. The minimum absolute atomic E-state index is 0.0781. The van der Waals surface area contributed by atoms with Crippen molar-refractivity contribution in [3.8, 4) is 11.9 Å². The van der Waals surface area contributed by atoms with Crippen molar-refractivity contribution in [2.24, 2.45) is 7.05 Å². The molecule has 0 aromatic carbocycles. The van der Waals surface area contributed by atoms with Gasteiger partial charge in [0.2, 0.25) is 5.88 Å². The van der Waals surface area contributed by atoms with E-state index in [-0.39, 0.29) is 48.0 Å². The molecule has 0 radical (unpaired) electrons. The molecule has 0 spiro atoms. The second kappa shape index (κ2) is 10.9. The van der Waals surface area contributed by atoms with E-state index in [4.69, 9.17) is 10.00 Å². The molecule has 1 aliphatic heterocycles. The number of aryl methyl sites for hydroxylation is 1. The number of aromatic nitrogens is 4. The maximum Gasteiger partial charge on any atom is 0.252 e. The molecule has 4 heterocycles. The highest BCUT2D eigenvalue weighted by atomic mass is 19.1. The predicted octanol–water partition coefficient (Wildman–Crippen LogP) is 4.02. The number of ether oxygens (including phenoxy) is 1. The molecule has 0 amide bonds. The molecule has 3 aromatic heterocycles. The first-order chi connectivity index (χ1) is 17.7. The molecule has 0 bridgehead atoms. The predicted molar refractivity (Wildman–Crippen MR) is 141 cm³/mol. The van der Waals surface area contributed by atoms with E-state index < -0.39 is 0 Å². The maximum atomic E-state index is 15.2. The van der Waals surface area contributed by atoms with E-state index in [1.54, 1.807) is 34.8 Å². The van der Waals surface area contributed by atoms with Crippen LogP contribution < -0.4 is 15.2 Å². The number of hydrogen-bond acceptors (Lipinski definition) is 7. The molecule has 0 saturated carbocycles. The van der Waals surface area contributed by atoms with Crippen molar-refractivity contribution >= 4 is 16.7 Å². The number of pyridine rings is 2. The number of hydrogen-bond donors (Lipinski definition) is 0. The molecule has 9 nitrogen and oxygen atoms in total. The van der Waals surface area contributed by atoms with Gasteiger partial charge in [0.1, 0.15) is 17.9 Å². The highest BCUT2D eigenvalue weighted by Crippen LogP contribution is 2.35. The zero-order chi connectivity index (χ0) is 26.9. The fourth-order valence-corrected chi connectivity index (χ4v) is 5.28. The second-order valence-corrected chi connectivity index (χ2v) is 10.0. The van der Waals surface area contributed by atoms with Gasteiger partial charge in [0.15, 0.2) is 0 Å². The number of piperazine rings is 1. The topological polar surface area (TPSA) is 92.2 Å². The van der Waals surface area contributed by atoms with Crippen LogP contribution >= 0.6 is 0 Å². The highest BCUT2D eigenvalue weighted by Gasteiger charge is 2.37. The van der Waals surface area contributed by atoms with Gasteiger partial charge in [0.05, 0.1) is 29.6 Å². The third-order valence-corrected chi connectivity index (χ3v) is 7.32. The van der Waals surface area contributed by atoms with Gasteiger partial charge in [-0.15, -0.1) is 0 Å². The van der Waals surface area contributed by atoms with Gasteiger partial charge in [-0.05, 0) is 33.6 Å². The molecule has 10 heteroatoms. The van der Waals surface area contributed by atoms with Crippen molar-refractivity contribution < 1.29 is 9.13 Å². The van der Waals surface area contributed by atoms with Gasteiger partial charge in [0, 0.05) is 62.2 Å². The third kappa shape index (κ3) is 5.18. The molecule has 37 heavy (non-hydrogen) atoms. The Morgan fingerprint density at radius 2 is 1.92 bits per heavy atom. The molecule has 198 valence electrons. The number of fused-ring (bicyclic) bond motifs is 1. The summed E-state index contributed by atoms with van der Waals surface area (Å²) in [4.78, 5) is 21.8. The van der Waals surface area contributed by atoms with Crippen molar-refractivity contribution in [3.63, 3.8) is 0 Å². The molecule has 3 atom stereocenters. The van der Waals surface area contributed by atoms with Crippen molar-refractivity contribution in [1.82, 2.24) is 24.2 Å². The largest absolute Gasteiger partial charge is 0.475 e. The van der Waals surface area contributed by atoms with Crippen molar-refractivity contribution in [1.29, 1.82) is 5.26 Å². The van der Waals surface area contributed by atoms with Crippen LogP contribution in [0.4, 0.5) is 10.1 Å². The Hall–Kier alpha value is -3.45. The van der Waals surface area contributed by atoms with E-state index in [1.807, 2.05) is 20.8 Å². The summed E-state index contributed by atoms with van der Waals surface area (Å²) < 4.78 is 23.9. The first-order valence-corrected chi connectivity index (χ1v) is 13.0. The van der Waals surface area contributed by atoms with Gasteiger partial charge in [-0.25, -0.2) is 9.37 Å². The Morgan fingerprint density at radius 3 is 2.54 bits per heavy atom. The summed E-state index contributed by atoms with van der Waals surface area (Å²) in [7, 11) is 1.72. The van der Waals surface area contributed by atoms with Crippen LogP contribution in [-0.4, -0.2) is 55.5 Å². The fourth-order valence-electron chi connectivity index (χ4n) is 5.28. The minimum Gasteiger partial charge on any atom is -0.475 e. The van der Waals surface area contributed by atoms with Crippen molar-refractivity contribution in [2.45, 2.75) is 78.2 Å². The van der Waals surface area contributed by atoms with Crippen LogP contribution in [0.3, 0.4) is 0 Å². The number of nitrogens with zero attached hydrogens (tertiary/aromatic N) is 7. The molecule has 1 unspecified atom stereocenters. The summed E-state index contributed by atoms with van der Waals surface area (Å²) >= 11 is 0. The van der Waals surface area contributed by atoms with Gasteiger partial charge in [0.25, 0.3) is 5.56 Å². The molecule has 1 fully saturated rings. The van der Waals surface area contributed by atoms with Crippen LogP contribution in [0.5, 0.6) is 5.88 Å². The van der Waals surface area contributed by atoms with Gasteiger partial charge in [-0.1, -0.05) is 13.8 Å². The summed E-state index contributed by atoms with van der Waals surface area (Å²) in [5.74, 6) is -0.0305. The van der Waals surface area contributed by atoms with Crippen LogP contribution in [-0.2, 0) is 13.6 Å². The lowest BCUT2D eigenvalue weighted by atomic mass is 9.97. The Bertz CT molecular complexity index is 1360. The molecule has 0 N–H and O–H groups in total. The molecule has 3 aromatic rings. The smallest absolute Gasteiger partial charge is 0.252 e. The SMILES string of the molecule is CC[C@H]1CN(C(C)c2cnc(OC(C)C)cc2F)[C@H](CC)CN1c1cc(=O)n(C)c2cn(CC#N)nc12. The van der Waals surface area contributed by atoms with E-state index >= 15 is 4.39 Å². The van der Waals surface area contributed by atoms with Gasteiger partial charge < -0.3 is 14.2 Å². The highest BCUT2D eigenvalue weighted by molar-refractivity contribution is 5.88. The normalized spacial score (nSPS) is 19.4. The summed E-state index contributed by atoms with van der Waals surface area (Å²) in [6, 6.07) is 5.18. The summed E-state index contributed by atoms with van der Waals surface area (Å²) in [5, 5.41) is 13.8. The van der Waals surface area contributed by atoms with E-state index in [0.717, 1.165) is 18.5 Å². The summed E-state index contributed by atoms with van der Waals surface area (Å²) in [5.41, 5.74) is 2.63. The third-order valence-electron chi connectivity index (χ3n) is 7.32. The first kappa shape index (κ1) is 26.6. The van der Waals surface area contributed by atoms with Crippen LogP contribution in [0.25, 0.3) is 11.0 Å². The monoisotopic (exact) mass is 509 g/mol. The van der Waals surface area contributed by atoms with Crippen molar-refractivity contribution in [3.05, 3.63) is 46.3 Å². The van der Waals surface area contributed by atoms with E-state index in [0.29, 0.717) is 29.7 Å². The zero-order valence-electron chi connectivity index (χ0n) is 22.5. The number of rotatable bonds is 8. The average molecular weight is 510 g/mol. The van der Waals surface area contributed by atoms with Crippen LogP contribution in [0.2, 0.25) is 0 Å². The van der Waals surface area contributed by atoms with Crippen LogP contribution in [0.1, 0.15) is 59.1 Å². The molecular weight excluding hydrogens is 473 g/mol. The van der Waals surface area contributed by atoms with Gasteiger partial charge >= 0.3 is 0 Å². The average Bonchev–Trinajstić information content (AvgIpc) is 3.29. The number of nitriles is 1. The molecule has 4 rings (SSSR count). The molecular formula is C27H36FN7O2. The van der Waals surface area contributed by atoms with Crippen LogP contribution in [0.15, 0.2) is 29.3 Å². The lowest BCUT2D eigenvalue weighted by Crippen LogP contribution is -2.59. The fraction of sp³-hybridized carbons (Fsp3) is 0.556. The summed E-state index contributed by atoms with van der Waals surface area (Å²) in [6.45, 7) is 11.5. The van der Waals surface area contributed by atoms with E-state index in [9.17, 15) is 4.79 Å². The van der Waals surface area contributed by atoms with Crippen molar-refractivity contribution in [2.75, 3.05) is 18.0 Å². The maximum absolute atomic E-state index is 15.2. The number of halogens is 1. The minimum atomic E-state index is -0.320. The zero-order valence-corrected chi connectivity index (χ0v) is 22.5. The van der Waals surface area contributed by atoms with Gasteiger partial charge in [-0.3, -0.25) is 14.4 Å². The second-order valence-electron chi connectivity index (χ2n) is 10.0. The molecule has 1 saturated heterocycles. The van der Waals surface area contributed by atoms with E-state index in [1.165, 1.54) is 6.07 Å². The van der Waals surface area contributed by atoms with Gasteiger partial charge in [-0.2, -0.15) is 10.4 Å². The summed E-state index contributed by atoms with van der Waals surface area (Å²) in [6.07, 6.45) is 4.96. The standard InChI is InChI=1S/C27H36FN7O2/c1-7-19-15-35(23-12-26(36)32(6)24-16-33(10-9-29)31-27(23)24)20(8-2)14-34(19)18(5)21-13-30-25(11-22(21)28)37-17(3)4/h11-13,16-20H,7-8,10,14-15H2,1-6H3/t18?,19-,20+/m1/s1. The van der Waals surface area contributed by atoms with Crippen LogP contribution in [0, 0.1) is 17.1 Å². The van der Waals surface area contributed by atoms with E-state index in [2.05, 4.69) is 39.8 Å². The Balaban J connectivity index is 1.68. The Morgan fingerprint density at radius 1 is 1.19 bits per heavy atom. The quantitative estimate of drug-likeness (QED) is 0.453. The lowest BCUT2D eigenvalue weighted by Gasteiger charge is -2.49.